The lowest BCUT2D eigenvalue weighted by molar-refractivity contribution is 0.310. The number of sulfone groups is 1. The number of hydrogen-bond donors (Lipinski definition) is 1. The number of aromatic nitrogens is 1. The number of nitrogens with one attached hydrogen (secondary N) is 1. The Bertz CT molecular complexity index is 827. The molecule has 0 unspecified atom stereocenters. The van der Waals surface area contributed by atoms with Gasteiger partial charge in [0.2, 0.25) is 0 Å². The fraction of sp³-hybridized carbons (Fsp3) is 0.444. The number of rotatable bonds is 5. The predicted octanol–water partition coefficient (Wildman–Crippen LogP) is 3.79. The summed E-state index contributed by atoms with van der Waals surface area (Å²) in [6, 6.07) is 6.66. The summed E-state index contributed by atoms with van der Waals surface area (Å²) in [5, 5.41) is 2.51. The number of fused-ring (bicyclic) bond motifs is 1. The van der Waals surface area contributed by atoms with Crippen LogP contribution in [0.4, 0.5) is 0 Å². The molecule has 0 aliphatic carbocycles. The van der Waals surface area contributed by atoms with E-state index < -0.39 is 9.84 Å². The summed E-state index contributed by atoms with van der Waals surface area (Å²) >= 11 is 0. The molecule has 1 aromatic heterocycles. The minimum absolute atomic E-state index is 0. The van der Waals surface area contributed by atoms with E-state index in [1.165, 1.54) is 35.7 Å². The van der Waals surface area contributed by atoms with E-state index in [1.54, 1.807) is 13.0 Å². The predicted molar refractivity (Wildman–Crippen MR) is 106 cm³/mol. The van der Waals surface area contributed by atoms with Gasteiger partial charge in [-0.1, -0.05) is 13.0 Å². The topological polar surface area (TPSA) is 53.2 Å². The molecule has 4 nitrogen and oxygen atoms in total. The van der Waals surface area contributed by atoms with Gasteiger partial charge in [0.05, 0.1) is 5.75 Å². The Hall–Kier alpha value is -1.11. The highest BCUT2D eigenvalue weighted by molar-refractivity contribution is 8.93. The molecule has 0 spiro atoms. The van der Waals surface area contributed by atoms with Gasteiger partial charge in [0.15, 0.2) is 9.84 Å². The van der Waals surface area contributed by atoms with E-state index in [4.69, 9.17) is 0 Å². The van der Waals surface area contributed by atoms with Gasteiger partial charge in [0, 0.05) is 28.5 Å². The van der Waals surface area contributed by atoms with Crippen LogP contribution in [0.3, 0.4) is 0 Å². The second-order valence-electron chi connectivity index (χ2n) is 6.35. The Balaban J connectivity index is 0.00000208. The monoisotopic (exact) mass is 412 g/mol. The van der Waals surface area contributed by atoms with Crippen molar-refractivity contribution >= 4 is 43.8 Å². The summed E-state index contributed by atoms with van der Waals surface area (Å²) in [4.78, 5) is 5.75. The molecule has 1 aliphatic rings. The van der Waals surface area contributed by atoms with Crippen molar-refractivity contribution in [2.24, 2.45) is 0 Å². The van der Waals surface area contributed by atoms with E-state index in [2.05, 4.69) is 29.2 Å². The molecule has 1 fully saturated rings. The van der Waals surface area contributed by atoms with Gasteiger partial charge < -0.3 is 9.88 Å². The summed E-state index contributed by atoms with van der Waals surface area (Å²) in [5.41, 5.74) is 3.35. The number of halogens is 1. The van der Waals surface area contributed by atoms with Gasteiger partial charge in [-0.2, -0.15) is 0 Å². The largest absolute Gasteiger partial charge is 0.361 e. The summed E-state index contributed by atoms with van der Waals surface area (Å²) in [6.45, 7) is 2.83. The second kappa shape index (κ2) is 7.85. The molecule has 132 valence electrons. The lowest BCUT2D eigenvalue weighted by atomic mass is 10.0. The first-order chi connectivity index (χ1) is 11.0. The first-order valence-corrected chi connectivity index (χ1v) is 9.91. The van der Waals surface area contributed by atoms with Gasteiger partial charge in [-0.05, 0) is 62.2 Å². The summed E-state index contributed by atoms with van der Waals surface area (Å²) in [5.74, 6) is 0.134. The third-order valence-electron chi connectivity index (χ3n) is 4.79. The Morgan fingerprint density at radius 2 is 2.17 bits per heavy atom. The highest BCUT2D eigenvalue weighted by Gasteiger charge is 2.22. The zero-order chi connectivity index (χ0) is 16.4. The van der Waals surface area contributed by atoms with Crippen LogP contribution in [0, 0.1) is 0 Å². The van der Waals surface area contributed by atoms with Crippen molar-refractivity contribution in [3.05, 3.63) is 40.9 Å². The van der Waals surface area contributed by atoms with E-state index >= 15 is 0 Å². The van der Waals surface area contributed by atoms with E-state index in [1.807, 2.05) is 12.1 Å². The second-order valence-corrected chi connectivity index (χ2v) is 8.53. The third kappa shape index (κ3) is 4.29. The fourth-order valence-electron chi connectivity index (χ4n) is 3.24. The maximum Gasteiger partial charge on any atom is 0.171 e. The van der Waals surface area contributed by atoms with Crippen molar-refractivity contribution < 1.29 is 8.42 Å². The van der Waals surface area contributed by atoms with Crippen LogP contribution in [0.15, 0.2) is 29.8 Å². The molecular formula is C18H25BrN2O2S. The van der Waals surface area contributed by atoms with Crippen molar-refractivity contribution in [2.45, 2.75) is 32.2 Å². The molecule has 0 amide bonds. The molecule has 0 saturated carbocycles. The van der Waals surface area contributed by atoms with Gasteiger partial charge in [-0.3, -0.25) is 0 Å². The maximum atomic E-state index is 11.6. The number of likely N-dealkylation sites (tertiary alicyclic amines) is 1. The Kier molecular flexibility index (Phi) is 6.28. The molecule has 1 atom stereocenters. The van der Waals surface area contributed by atoms with Crippen molar-refractivity contribution in [2.75, 3.05) is 19.3 Å². The molecule has 2 aromatic rings. The number of hydrogen-bond acceptors (Lipinski definition) is 3. The lowest BCUT2D eigenvalue weighted by Gasteiger charge is -2.18. The van der Waals surface area contributed by atoms with Crippen molar-refractivity contribution in [1.29, 1.82) is 0 Å². The van der Waals surface area contributed by atoms with Gasteiger partial charge in [0.1, 0.15) is 0 Å². The van der Waals surface area contributed by atoms with E-state index in [0.717, 1.165) is 17.5 Å². The van der Waals surface area contributed by atoms with Gasteiger partial charge >= 0.3 is 0 Å². The molecule has 2 heterocycles. The molecule has 1 saturated heterocycles. The standard InChI is InChI=1S/C18H24N2O2S.BrH/c1-3-23(21,22)10-8-14-6-7-18-17(11-14)15(13-19-18)12-16-5-4-9-20(16)2;/h6-8,10-11,13,16,19H,3-5,9,12H2,1-2H3;1H/t16-;/m1./s1. The van der Waals surface area contributed by atoms with Crippen LogP contribution >= 0.6 is 17.0 Å². The highest BCUT2D eigenvalue weighted by atomic mass is 79.9. The van der Waals surface area contributed by atoms with E-state index in [0.29, 0.717) is 6.04 Å². The molecule has 1 N–H and O–H groups in total. The van der Waals surface area contributed by atoms with Crippen LogP contribution in [0.2, 0.25) is 0 Å². The molecule has 3 rings (SSSR count). The van der Waals surface area contributed by atoms with Gasteiger partial charge in [-0.15, -0.1) is 17.0 Å². The van der Waals surface area contributed by atoms with Crippen molar-refractivity contribution in [1.82, 2.24) is 9.88 Å². The molecule has 0 radical (unpaired) electrons. The molecule has 6 heteroatoms. The van der Waals surface area contributed by atoms with Crippen LogP contribution in [0.1, 0.15) is 30.9 Å². The Labute approximate surface area is 154 Å². The van der Waals surface area contributed by atoms with Gasteiger partial charge in [-0.25, -0.2) is 8.42 Å². The maximum absolute atomic E-state index is 11.6. The summed E-state index contributed by atoms with van der Waals surface area (Å²) < 4.78 is 23.2. The number of likely N-dealkylation sites (N-methyl/N-ethyl adjacent to an activating group) is 1. The number of aromatic amines is 1. The van der Waals surface area contributed by atoms with Crippen molar-refractivity contribution in [3.63, 3.8) is 0 Å². The molecule has 1 aliphatic heterocycles. The van der Waals surface area contributed by atoms with Crippen LogP contribution < -0.4 is 0 Å². The Morgan fingerprint density at radius 1 is 1.38 bits per heavy atom. The summed E-state index contributed by atoms with van der Waals surface area (Å²) in [7, 11) is -0.898. The zero-order valence-corrected chi connectivity index (χ0v) is 16.7. The average molecular weight is 413 g/mol. The first-order valence-electron chi connectivity index (χ1n) is 8.19. The van der Waals surface area contributed by atoms with Crippen molar-refractivity contribution in [3.8, 4) is 0 Å². The molecule has 1 aromatic carbocycles. The molecule has 0 bridgehead atoms. The van der Waals surface area contributed by atoms with Crippen LogP contribution in [-0.2, 0) is 16.3 Å². The minimum atomic E-state index is -3.09. The first kappa shape index (κ1) is 19.2. The smallest absolute Gasteiger partial charge is 0.171 e. The number of nitrogens with zero attached hydrogens (tertiary/aromatic N) is 1. The number of H-pyrrole nitrogens is 1. The average Bonchev–Trinajstić information content (AvgIpc) is 3.13. The van der Waals surface area contributed by atoms with Crippen LogP contribution in [0.5, 0.6) is 0 Å². The highest BCUT2D eigenvalue weighted by Crippen LogP contribution is 2.26. The van der Waals surface area contributed by atoms with Crippen LogP contribution in [0.25, 0.3) is 17.0 Å². The fourth-order valence-corrected chi connectivity index (χ4v) is 3.79. The Morgan fingerprint density at radius 3 is 2.83 bits per heavy atom. The lowest BCUT2D eigenvalue weighted by Crippen LogP contribution is -2.26. The zero-order valence-electron chi connectivity index (χ0n) is 14.2. The van der Waals surface area contributed by atoms with E-state index in [-0.39, 0.29) is 22.7 Å². The third-order valence-corrected chi connectivity index (χ3v) is 6.14. The molecular weight excluding hydrogens is 388 g/mol. The minimum Gasteiger partial charge on any atom is -0.361 e. The summed E-state index contributed by atoms with van der Waals surface area (Å²) in [6.07, 6.45) is 7.34. The van der Waals surface area contributed by atoms with Crippen LogP contribution in [-0.4, -0.2) is 43.7 Å². The van der Waals surface area contributed by atoms with Gasteiger partial charge in [0.25, 0.3) is 0 Å². The van der Waals surface area contributed by atoms with E-state index in [9.17, 15) is 8.42 Å². The SMILES string of the molecule is Br.CCS(=O)(=O)C=Cc1ccc2[nH]cc(C[C@H]3CCCN3C)c2c1. The molecule has 24 heavy (non-hydrogen) atoms. The number of benzene rings is 1. The normalized spacial score (nSPS) is 19.2. The quantitative estimate of drug-likeness (QED) is 0.812.